The minimum absolute atomic E-state index is 0.0546. The van der Waals surface area contributed by atoms with Gasteiger partial charge in [-0.2, -0.15) is 5.10 Å². The Morgan fingerprint density at radius 2 is 2.00 bits per heavy atom. The number of fused-ring (bicyclic) bond motifs is 1. The summed E-state index contributed by atoms with van der Waals surface area (Å²) in [6.07, 6.45) is 4.33. The maximum atomic E-state index is 11.7. The summed E-state index contributed by atoms with van der Waals surface area (Å²) in [5, 5.41) is 13.8. The number of aromatic carboxylic acids is 1. The van der Waals surface area contributed by atoms with Crippen molar-refractivity contribution < 1.29 is 9.90 Å². The van der Waals surface area contributed by atoms with Crippen LogP contribution in [0.25, 0.3) is 5.52 Å². The first kappa shape index (κ1) is 13.4. The van der Waals surface area contributed by atoms with Crippen molar-refractivity contribution in [2.45, 2.75) is 19.3 Å². The standard InChI is InChI=1S/C17H16N2O2/c1-2-13(12-7-4-3-5-8-12)14-11-19-15(9-6-10-18-19)16(14)17(20)21/h3-11,13H,2H2,1H3,(H,20,21). The van der Waals surface area contributed by atoms with Gasteiger partial charge in [0.1, 0.15) is 0 Å². The predicted molar refractivity (Wildman–Crippen MR) is 80.7 cm³/mol. The molecule has 0 aliphatic heterocycles. The Morgan fingerprint density at radius 3 is 2.67 bits per heavy atom. The van der Waals surface area contributed by atoms with Crippen LogP contribution < -0.4 is 0 Å². The summed E-state index contributed by atoms with van der Waals surface area (Å²) in [7, 11) is 0. The zero-order chi connectivity index (χ0) is 14.8. The first-order chi connectivity index (χ1) is 10.2. The third kappa shape index (κ3) is 2.29. The number of carboxylic acids is 1. The van der Waals surface area contributed by atoms with Crippen LogP contribution in [0.4, 0.5) is 0 Å². The van der Waals surface area contributed by atoms with Crippen molar-refractivity contribution in [2.75, 3.05) is 0 Å². The van der Waals surface area contributed by atoms with Crippen LogP contribution in [0.2, 0.25) is 0 Å². The minimum Gasteiger partial charge on any atom is -0.478 e. The Hall–Kier alpha value is -2.62. The maximum Gasteiger partial charge on any atom is 0.338 e. The van der Waals surface area contributed by atoms with Crippen molar-refractivity contribution in [3.63, 3.8) is 0 Å². The van der Waals surface area contributed by atoms with Gasteiger partial charge in [0.15, 0.2) is 0 Å². The highest BCUT2D eigenvalue weighted by atomic mass is 16.4. The molecule has 106 valence electrons. The lowest BCUT2D eigenvalue weighted by Crippen LogP contribution is -2.06. The van der Waals surface area contributed by atoms with Crippen LogP contribution in [0, 0.1) is 0 Å². The zero-order valence-corrected chi connectivity index (χ0v) is 11.7. The highest BCUT2D eigenvalue weighted by molar-refractivity contribution is 5.98. The molecule has 1 aromatic carbocycles. The lowest BCUT2D eigenvalue weighted by molar-refractivity contribution is 0.0697. The van der Waals surface area contributed by atoms with Crippen LogP contribution >= 0.6 is 0 Å². The van der Waals surface area contributed by atoms with Crippen LogP contribution in [-0.4, -0.2) is 20.7 Å². The number of hydrogen-bond acceptors (Lipinski definition) is 2. The first-order valence-corrected chi connectivity index (χ1v) is 6.97. The van der Waals surface area contributed by atoms with E-state index in [9.17, 15) is 9.90 Å². The topological polar surface area (TPSA) is 54.6 Å². The molecule has 0 amide bonds. The number of benzene rings is 1. The molecule has 0 saturated carbocycles. The SMILES string of the molecule is CCC(c1ccccc1)c1cn2ncccc2c1C(=O)O. The minimum atomic E-state index is -0.908. The molecule has 2 heterocycles. The lowest BCUT2D eigenvalue weighted by Gasteiger charge is -2.15. The summed E-state index contributed by atoms with van der Waals surface area (Å²) in [5.41, 5.74) is 2.92. The van der Waals surface area contributed by atoms with Crippen molar-refractivity contribution in [1.29, 1.82) is 0 Å². The van der Waals surface area contributed by atoms with E-state index in [0.717, 1.165) is 17.5 Å². The van der Waals surface area contributed by atoms with Gasteiger partial charge in [0, 0.05) is 18.3 Å². The Bertz CT molecular complexity index is 778. The van der Waals surface area contributed by atoms with E-state index in [1.165, 1.54) is 0 Å². The predicted octanol–water partition coefficient (Wildman–Crippen LogP) is 3.57. The maximum absolute atomic E-state index is 11.7. The molecule has 0 aliphatic carbocycles. The third-order valence-electron chi connectivity index (χ3n) is 3.78. The average Bonchev–Trinajstić information content (AvgIpc) is 2.88. The van der Waals surface area contributed by atoms with Gasteiger partial charge in [-0.3, -0.25) is 0 Å². The molecule has 3 rings (SSSR count). The summed E-state index contributed by atoms with van der Waals surface area (Å²) in [5.74, 6) is -0.853. The van der Waals surface area contributed by atoms with E-state index in [2.05, 4.69) is 12.0 Å². The molecule has 1 unspecified atom stereocenters. The second kappa shape index (κ2) is 5.40. The largest absolute Gasteiger partial charge is 0.478 e. The molecule has 21 heavy (non-hydrogen) atoms. The average molecular weight is 280 g/mol. The van der Waals surface area contributed by atoms with Crippen LogP contribution in [0.5, 0.6) is 0 Å². The molecule has 3 aromatic rings. The monoisotopic (exact) mass is 280 g/mol. The van der Waals surface area contributed by atoms with E-state index in [1.54, 1.807) is 22.8 Å². The van der Waals surface area contributed by atoms with Gasteiger partial charge >= 0.3 is 5.97 Å². The summed E-state index contributed by atoms with van der Waals surface area (Å²) in [4.78, 5) is 11.7. The van der Waals surface area contributed by atoms with E-state index in [1.807, 2.05) is 36.5 Å². The molecular formula is C17H16N2O2. The highest BCUT2D eigenvalue weighted by Gasteiger charge is 2.24. The van der Waals surface area contributed by atoms with Gasteiger partial charge in [0.05, 0.1) is 11.1 Å². The Morgan fingerprint density at radius 1 is 1.24 bits per heavy atom. The number of carboxylic acid groups (broad SMARTS) is 1. The normalized spacial score (nSPS) is 12.4. The van der Waals surface area contributed by atoms with Crippen molar-refractivity contribution in [3.8, 4) is 0 Å². The zero-order valence-electron chi connectivity index (χ0n) is 11.7. The van der Waals surface area contributed by atoms with Gasteiger partial charge in [-0.25, -0.2) is 9.31 Å². The Kier molecular flexibility index (Phi) is 3.44. The van der Waals surface area contributed by atoms with Crippen molar-refractivity contribution in [1.82, 2.24) is 9.61 Å². The van der Waals surface area contributed by atoms with Gasteiger partial charge in [-0.05, 0) is 29.7 Å². The Balaban J connectivity index is 2.23. The molecule has 0 saturated heterocycles. The van der Waals surface area contributed by atoms with Gasteiger partial charge < -0.3 is 5.11 Å². The van der Waals surface area contributed by atoms with Crippen LogP contribution in [0.15, 0.2) is 54.9 Å². The molecule has 0 spiro atoms. The molecule has 4 nitrogen and oxygen atoms in total. The second-order valence-corrected chi connectivity index (χ2v) is 4.99. The van der Waals surface area contributed by atoms with Gasteiger partial charge in [0.25, 0.3) is 0 Å². The first-order valence-electron chi connectivity index (χ1n) is 6.97. The Labute approximate surface area is 122 Å². The van der Waals surface area contributed by atoms with Gasteiger partial charge in [-0.1, -0.05) is 37.3 Å². The molecule has 0 radical (unpaired) electrons. The highest BCUT2D eigenvalue weighted by Crippen LogP contribution is 2.32. The third-order valence-corrected chi connectivity index (χ3v) is 3.78. The number of carbonyl (C=O) groups is 1. The van der Waals surface area contributed by atoms with E-state index >= 15 is 0 Å². The molecule has 1 N–H and O–H groups in total. The van der Waals surface area contributed by atoms with E-state index in [4.69, 9.17) is 0 Å². The van der Waals surface area contributed by atoms with E-state index in [-0.39, 0.29) is 5.92 Å². The van der Waals surface area contributed by atoms with Gasteiger partial charge in [0.2, 0.25) is 0 Å². The molecule has 1 atom stereocenters. The van der Waals surface area contributed by atoms with Crippen LogP contribution in [-0.2, 0) is 0 Å². The lowest BCUT2D eigenvalue weighted by atomic mass is 9.88. The summed E-state index contributed by atoms with van der Waals surface area (Å²) < 4.78 is 1.64. The number of aromatic nitrogens is 2. The molecule has 0 fully saturated rings. The number of nitrogens with zero attached hydrogens (tertiary/aromatic N) is 2. The summed E-state index contributed by atoms with van der Waals surface area (Å²) in [6.45, 7) is 2.07. The van der Waals surface area contributed by atoms with Crippen LogP contribution in [0.1, 0.15) is 40.7 Å². The fraction of sp³-hybridized carbons (Fsp3) is 0.176. The van der Waals surface area contributed by atoms with Crippen molar-refractivity contribution in [3.05, 3.63) is 71.5 Å². The quantitative estimate of drug-likeness (QED) is 0.794. The van der Waals surface area contributed by atoms with Crippen molar-refractivity contribution in [2.24, 2.45) is 0 Å². The number of rotatable bonds is 4. The molecule has 2 aromatic heterocycles. The number of hydrogen-bond donors (Lipinski definition) is 1. The van der Waals surface area contributed by atoms with Crippen molar-refractivity contribution >= 4 is 11.5 Å². The summed E-state index contributed by atoms with van der Waals surface area (Å²) >= 11 is 0. The smallest absolute Gasteiger partial charge is 0.338 e. The molecule has 0 aliphatic rings. The van der Waals surface area contributed by atoms with E-state index in [0.29, 0.717) is 11.1 Å². The molecular weight excluding hydrogens is 264 g/mol. The van der Waals surface area contributed by atoms with E-state index < -0.39 is 5.97 Å². The van der Waals surface area contributed by atoms with Crippen LogP contribution in [0.3, 0.4) is 0 Å². The van der Waals surface area contributed by atoms with Gasteiger partial charge in [-0.15, -0.1) is 0 Å². The fourth-order valence-corrected chi connectivity index (χ4v) is 2.85. The summed E-state index contributed by atoms with van der Waals surface area (Å²) in [6, 6.07) is 13.5. The second-order valence-electron chi connectivity index (χ2n) is 4.99. The fourth-order valence-electron chi connectivity index (χ4n) is 2.85. The molecule has 0 bridgehead atoms. The molecule has 4 heteroatoms.